The van der Waals surface area contributed by atoms with Gasteiger partial charge in [0.15, 0.2) is 23.0 Å². The molecule has 4 N–H and O–H groups in total. The van der Waals surface area contributed by atoms with Crippen LogP contribution in [-0.2, 0) is 14.4 Å². The van der Waals surface area contributed by atoms with Gasteiger partial charge in [-0.25, -0.2) is 14.4 Å². The van der Waals surface area contributed by atoms with Crippen molar-refractivity contribution in [2.24, 2.45) is 5.92 Å². The van der Waals surface area contributed by atoms with E-state index in [-0.39, 0.29) is 41.5 Å². The lowest BCUT2D eigenvalue weighted by molar-refractivity contribution is -0.144. The molecule has 6 rings (SSSR count). The summed E-state index contributed by atoms with van der Waals surface area (Å²) in [5.41, 5.74) is 2.73. The van der Waals surface area contributed by atoms with Gasteiger partial charge in [0.2, 0.25) is 5.91 Å². The number of hydrogen-bond donors (Lipinski definition) is 4. The number of likely N-dealkylation sites (tertiary alicyclic amines) is 1. The van der Waals surface area contributed by atoms with Crippen LogP contribution in [0, 0.1) is 11.7 Å². The van der Waals surface area contributed by atoms with E-state index in [1.54, 1.807) is 63.1 Å². The molecule has 2 aliphatic heterocycles. The summed E-state index contributed by atoms with van der Waals surface area (Å²) in [7, 11) is 1.41. The van der Waals surface area contributed by atoms with Gasteiger partial charge in [-0.3, -0.25) is 23.6 Å². The van der Waals surface area contributed by atoms with Crippen LogP contribution in [0.25, 0.3) is 16.9 Å². The molecule has 4 aromatic rings. The minimum Gasteiger partial charge on any atom is -0.494 e. The molecule has 2 aliphatic rings. The largest absolute Gasteiger partial charge is 0.494 e. The highest BCUT2D eigenvalue weighted by molar-refractivity contribution is 6.34. The highest BCUT2D eigenvalue weighted by Gasteiger charge is 2.34. The summed E-state index contributed by atoms with van der Waals surface area (Å²) >= 11 is 6.58. The van der Waals surface area contributed by atoms with E-state index >= 15 is 0 Å². The van der Waals surface area contributed by atoms with Crippen molar-refractivity contribution in [3.63, 3.8) is 0 Å². The number of aliphatic carboxylic acids is 1. The first-order valence-electron chi connectivity index (χ1n) is 15.0. The minimum absolute atomic E-state index is 0.0623. The molecule has 2 saturated heterocycles. The molecule has 48 heavy (non-hydrogen) atoms. The average Bonchev–Trinajstić information content (AvgIpc) is 3.53. The Morgan fingerprint density at radius 2 is 1.85 bits per heavy atom. The van der Waals surface area contributed by atoms with Crippen LogP contribution in [0.2, 0.25) is 5.02 Å². The third-order valence-electron chi connectivity index (χ3n) is 8.25. The molecule has 0 aliphatic carbocycles. The molecule has 1 unspecified atom stereocenters. The Balaban J connectivity index is 0.00000145. The van der Waals surface area contributed by atoms with Gasteiger partial charge >= 0.3 is 5.97 Å². The lowest BCUT2D eigenvalue weighted by Gasteiger charge is -2.37. The zero-order chi connectivity index (χ0) is 34.4. The van der Waals surface area contributed by atoms with Crippen molar-refractivity contribution in [3.05, 3.63) is 71.4 Å². The maximum Gasteiger partial charge on any atom is 0.322 e. The lowest BCUT2D eigenvalue weighted by Crippen LogP contribution is -2.57. The second-order valence-corrected chi connectivity index (χ2v) is 11.5. The first kappa shape index (κ1) is 34.1. The summed E-state index contributed by atoms with van der Waals surface area (Å²) in [4.78, 5) is 58.3. The summed E-state index contributed by atoms with van der Waals surface area (Å²) in [6.45, 7) is 1.57. The van der Waals surface area contributed by atoms with Gasteiger partial charge < -0.3 is 35.4 Å². The molecule has 2 fully saturated rings. The molecular formula is C32H33ClFN7O7. The quantitative estimate of drug-likeness (QED) is 0.210. The van der Waals surface area contributed by atoms with Gasteiger partial charge in [-0.1, -0.05) is 11.6 Å². The Kier molecular flexibility index (Phi) is 10.7. The van der Waals surface area contributed by atoms with Crippen LogP contribution in [0.5, 0.6) is 5.75 Å². The number of anilines is 2. The molecule has 2 aromatic heterocycles. The number of carbonyl (C=O) groups is 4. The molecule has 0 radical (unpaired) electrons. The predicted octanol–water partition coefficient (Wildman–Crippen LogP) is 3.38. The molecule has 2 amide bonds. The molecule has 1 atom stereocenters. The first-order valence-corrected chi connectivity index (χ1v) is 15.4. The van der Waals surface area contributed by atoms with Gasteiger partial charge in [-0.05, 0) is 49.2 Å². The second-order valence-electron chi connectivity index (χ2n) is 11.1. The number of fused-ring (bicyclic) bond motifs is 1. The number of hydrogen-bond acceptors (Lipinski definition) is 9. The molecule has 14 nitrogen and oxygen atoms in total. The standard InChI is InChI=1S/C31H31ClFN7O5.CH2O2/c1-45-26-5-2-19(14-23(26)33)25-16-36-28-27(35-9-13-40(25)28)37-20-3-4-21(22(32)15-20)30(42)38-10-6-18(7-11-38)29(41)39-12-8-34-24(17-39)31(43)44;2-1-3/h2-5,9,13-16,18,24,34H,6-8,10-12,17H2,1H3,(H,35,37)(H,43,44);1H,(H,2,3). The van der Waals surface area contributed by atoms with Crippen molar-refractivity contribution in [2.75, 3.05) is 45.2 Å². The summed E-state index contributed by atoms with van der Waals surface area (Å²) in [5, 5.41) is 22.5. The van der Waals surface area contributed by atoms with E-state index in [1.165, 1.54) is 13.2 Å². The van der Waals surface area contributed by atoms with Gasteiger partial charge in [0, 0.05) is 62.3 Å². The molecule has 16 heteroatoms. The van der Waals surface area contributed by atoms with Crippen molar-refractivity contribution in [1.82, 2.24) is 29.5 Å². The van der Waals surface area contributed by atoms with Gasteiger partial charge in [0.05, 0.1) is 29.6 Å². The molecule has 0 bridgehead atoms. The molecular weight excluding hydrogens is 649 g/mol. The number of carbonyl (C=O) groups excluding carboxylic acids is 2. The fourth-order valence-corrected chi connectivity index (χ4v) is 6.08. The molecule has 0 spiro atoms. The van der Waals surface area contributed by atoms with Crippen LogP contribution in [0.15, 0.2) is 55.0 Å². The highest BCUT2D eigenvalue weighted by Crippen LogP contribution is 2.30. The number of methoxy groups -OCH3 is 1. The third-order valence-corrected chi connectivity index (χ3v) is 8.57. The maximum absolute atomic E-state index is 14.4. The van der Waals surface area contributed by atoms with Crippen molar-refractivity contribution in [2.45, 2.75) is 18.9 Å². The third kappa shape index (κ3) is 7.31. The predicted molar refractivity (Wildman–Crippen MR) is 173 cm³/mol. The fraction of sp³-hybridized carbons (Fsp3) is 0.312. The molecule has 2 aromatic carbocycles. The summed E-state index contributed by atoms with van der Waals surface area (Å²) < 4.78 is 21.2. The van der Waals surface area contributed by atoms with Crippen molar-refractivity contribution >= 4 is 53.0 Å². The van der Waals surface area contributed by atoms with E-state index < -0.39 is 17.8 Å². The maximum atomic E-state index is 14.4. The van der Waals surface area contributed by atoms with Gasteiger partial charge in [-0.15, -0.1) is 0 Å². The Morgan fingerprint density at radius 3 is 2.52 bits per heavy atom. The second kappa shape index (κ2) is 15.1. The van der Waals surface area contributed by atoms with E-state index in [0.29, 0.717) is 73.0 Å². The zero-order valence-corrected chi connectivity index (χ0v) is 26.6. The zero-order valence-electron chi connectivity index (χ0n) is 25.8. The van der Waals surface area contributed by atoms with Crippen LogP contribution in [0.4, 0.5) is 15.9 Å². The highest BCUT2D eigenvalue weighted by atomic mass is 35.5. The number of carboxylic acid groups (broad SMARTS) is 2. The van der Waals surface area contributed by atoms with Crippen LogP contribution in [0.3, 0.4) is 0 Å². The van der Waals surface area contributed by atoms with Crippen LogP contribution >= 0.6 is 11.6 Å². The first-order chi connectivity index (χ1) is 23.1. The van der Waals surface area contributed by atoms with Gasteiger partial charge in [0.1, 0.15) is 6.04 Å². The number of rotatable bonds is 7. The average molecular weight is 682 g/mol. The fourth-order valence-electron chi connectivity index (χ4n) is 5.82. The Labute approximate surface area is 279 Å². The van der Waals surface area contributed by atoms with Crippen LogP contribution < -0.4 is 15.4 Å². The Morgan fingerprint density at radius 1 is 1.10 bits per heavy atom. The summed E-state index contributed by atoms with van der Waals surface area (Å²) in [6, 6.07) is 8.94. The smallest absolute Gasteiger partial charge is 0.322 e. The number of benzene rings is 2. The van der Waals surface area contributed by atoms with E-state index in [2.05, 4.69) is 20.6 Å². The number of imidazole rings is 1. The summed E-state index contributed by atoms with van der Waals surface area (Å²) in [6.07, 6.45) is 5.95. The number of piperidine rings is 1. The number of nitrogens with one attached hydrogen (secondary N) is 2. The van der Waals surface area contributed by atoms with Crippen molar-refractivity contribution in [3.8, 4) is 17.0 Å². The van der Waals surface area contributed by atoms with Gasteiger partial charge in [0.25, 0.3) is 12.4 Å². The SMILES string of the molecule is COc1ccc(-c2cnc3c(Nc4ccc(C(=O)N5CCC(C(=O)N6CCNC(C(=O)O)C6)CC5)c(Cl)c4)nccn23)cc1F.O=CO. The number of piperazine rings is 1. The molecule has 0 saturated carbocycles. The Bertz CT molecular complexity index is 1830. The Hall–Kier alpha value is -5.28. The van der Waals surface area contributed by atoms with Crippen LogP contribution in [0.1, 0.15) is 23.2 Å². The number of carboxylic acids is 1. The van der Waals surface area contributed by atoms with Crippen molar-refractivity contribution < 1.29 is 38.5 Å². The van der Waals surface area contributed by atoms with Gasteiger partial charge in [-0.2, -0.15) is 0 Å². The minimum atomic E-state index is -0.975. The van der Waals surface area contributed by atoms with E-state index in [9.17, 15) is 23.9 Å². The number of amides is 2. The van der Waals surface area contributed by atoms with Crippen LogP contribution in [-0.4, -0.2) is 105 Å². The molecule has 252 valence electrons. The van der Waals surface area contributed by atoms with Crippen molar-refractivity contribution in [1.29, 1.82) is 0 Å². The number of halogens is 2. The van der Waals surface area contributed by atoms with E-state index in [1.807, 2.05) is 0 Å². The monoisotopic (exact) mass is 681 g/mol. The van der Waals surface area contributed by atoms with E-state index in [0.717, 1.165) is 0 Å². The topological polar surface area (TPSA) is 179 Å². The number of ether oxygens (including phenoxy) is 1. The normalized spacial score (nSPS) is 16.5. The van der Waals surface area contributed by atoms with E-state index in [4.69, 9.17) is 26.2 Å². The number of nitrogens with zero attached hydrogens (tertiary/aromatic N) is 5. The molecule has 4 heterocycles. The lowest BCUT2D eigenvalue weighted by atomic mass is 9.94. The number of aromatic nitrogens is 3. The summed E-state index contributed by atoms with van der Waals surface area (Å²) in [5.74, 6) is -1.41.